The summed E-state index contributed by atoms with van der Waals surface area (Å²) < 4.78 is 0. The third kappa shape index (κ3) is 3.51. The van der Waals surface area contributed by atoms with E-state index >= 15 is 0 Å². The van der Waals surface area contributed by atoms with Gasteiger partial charge < -0.3 is 10.6 Å². The van der Waals surface area contributed by atoms with Gasteiger partial charge in [-0.3, -0.25) is 4.98 Å². The highest BCUT2D eigenvalue weighted by Crippen LogP contribution is 2.19. The van der Waals surface area contributed by atoms with Crippen LogP contribution in [0.5, 0.6) is 0 Å². The highest BCUT2D eigenvalue weighted by atomic mass is 32.1. The molecule has 0 amide bonds. The van der Waals surface area contributed by atoms with Gasteiger partial charge in [-0.2, -0.15) is 0 Å². The average Bonchev–Trinajstić information content (AvgIpc) is 2.46. The molecule has 1 aromatic heterocycles. The molecule has 0 fully saturated rings. The van der Waals surface area contributed by atoms with E-state index in [2.05, 4.69) is 9.88 Å². The number of hydrogen-bond acceptors (Lipinski definition) is 3. The van der Waals surface area contributed by atoms with Gasteiger partial charge in [0.25, 0.3) is 0 Å². The smallest absolute Gasteiger partial charge is 0.106 e. The van der Waals surface area contributed by atoms with Crippen molar-refractivity contribution in [2.75, 3.05) is 18.5 Å². The Balaban J connectivity index is 2.08. The lowest BCUT2D eigenvalue weighted by molar-refractivity contribution is 0.852. The molecule has 0 unspecified atom stereocenters. The largest absolute Gasteiger partial charge is 0.389 e. The van der Waals surface area contributed by atoms with E-state index in [4.69, 9.17) is 18.0 Å². The number of hydrogen-bond donors (Lipinski definition) is 1. The van der Waals surface area contributed by atoms with Gasteiger partial charge in [0.2, 0.25) is 0 Å². The number of nitrogens with two attached hydrogens (primary N) is 1. The summed E-state index contributed by atoms with van der Waals surface area (Å²) >= 11 is 5.09. The van der Waals surface area contributed by atoms with Crippen molar-refractivity contribution < 1.29 is 0 Å². The Morgan fingerprint density at radius 2 is 1.95 bits per heavy atom. The van der Waals surface area contributed by atoms with Gasteiger partial charge in [-0.05, 0) is 24.3 Å². The Bertz CT molecular complexity index is 554. The fourth-order valence-corrected chi connectivity index (χ4v) is 2.14. The van der Waals surface area contributed by atoms with Crippen LogP contribution < -0.4 is 10.6 Å². The predicted octanol–water partition coefficient (Wildman–Crippen LogP) is 2.39. The topological polar surface area (TPSA) is 42.2 Å². The third-order valence-corrected chi connectivity index (χ3v) is 3.23. The van der Waals surface area contributed by atoms with Crippen molar-refractivity contribution >= 4 is 22.9 Å². The molecule has 0 saturated heterocycles. The molecule has 2 rings (SSSR count). The SMILES string of the molecule is CN(CCc1ccccn1)c1ccccc1C(N)=S. The molecule has 3 nitrogen and oxygen atoms in total. The molecule has 0 spiro atoms. The maximum atomic E-state index is 5.75. The van der Waals surface area contributed by atoms with Crippen LogP contribution in [0.4, 0.5) is 5.69 Å². The summed E-state index contributed by atoms with van der Waals surface area (Å²) in [6.07, 6.45) is 2.71. The molecule has 0 saturated carbocycles. The highest BCUT2D eigenvalue weighted by molar-refractivity contribution is 7.80. The summed E-state index contributed by atoms with van der Waals surface area (Å²) in [6, 6.07) is 13.9. The molecule has 1 aromatic carbocycles. The molecule has 0 aliphatic rings. The van der Waals surface area contributed by atoms with Crippen LogP contribution in [0, 0.1) is 0 Å². The molecular formula is C15H17N3S. The highest BCUT2D eigenvalue weighted by Gasteiger charge is 2.08. The van der Waals surface area contributed by atoms with Gasteiger partial charge in [-0.1, -0.05) is 30.4 Å². The molecule has 0 atom stereocenters. The summed E-state index contributed by atoms with van der Waals surface area (Å²) in [5.74, 6) is 0. The van der Waals surface area contributed by atoms with E-state index in [1.54, 1.807) is 0 Å². The van der Waals surface area contributed by atoms with Gasteiger partial charge in [-0.25, -0.2) is 0 Å². The number of rotatable bonds is 5. The second-order valence-corrected chi connectivity index (χ2v) is 4.81. The number of para-hydroxylation sites is 1. The number of pyridine rings is 1. The summed E-state index contributed by atoms with van der Waals surface area (Å²) in [5.41, 5.74) is 8.82. The average molecular weight is 271 g/mol. The van der Waals surface area contributed by atoms with Crippen LogP contribution in [0.2, 0.25) is 0 Å². The summed E-state index contributed by atoms with van der Waals surface area (Å²) in [4.78, 5) is 6.91. The zero-order chi connectivity index (χ0) is 13.7. The van der Waals surface area contributed by atoms with Gasteiger partial charge in [0.1, 0.15) is 4.99 Å². The normalized spacial score (nSPS) is 10.2. The first-order chi connectivity index (χ1) is 9.18. The molecule has 2 N–H and O–H groups in total. The molecule has 0 radical (unpaired) electrons. The van der Waals surface area contributed by atoms with Crippen LogP contribution in [0.3, 0.4) is 0 Å². The van der Waals surface area contributed by atoms with E-state index in [9.17, 15) is 0 Å². The minimum Gasteiger partial charge on any atom is -0.389 e. The van der Waals surface area contributed by atoms with Crippen molar-refractivity contribution in [1.29, 1.82) is 0 Å². The monoisotopic (exact) mass is 271 g/mol. The van der Waals surface area contributed by atoms with E-state index in [0.29, 0.717) is 4.99 Å². The first-order valence-electron chi connectivity index (χ1n) is 6.18. The minimum atomic E-state index is 0.431. The quantitative estimate of drug-likeness (QED) is 0.848. The fraction of sp³-hybridized carbons (Fsp3) is 0.200. The molecule has 0 bridgehead atoms. The van der Waals surface area contributed by atoms with Crippen LogP contribution in [0.1, 0.15) is 11.3 Å². The van der Waals surface area contributed by atoms with E-state index in [0.717, 1.165) is 29.9 Å². The number of thiocarbonyl (C=S) groups is 1. The fourth-order valence-electron chi connectivity index (χ4n) is 1.96. The number of aromatic nitrogens is 1. The lowest BCUT2D eigenvalue weighted by Crippen LogP contribution is -2.24. The van der Waals surface area contributed by atoms with E-state index < -0.39 is 0 Å². The van der Waals surface area contributed by atoms with Crippen molar-refractivity contribution in [2.45, 2.75) is 6.42 Å². The molecule has 1 heterocycles. The Labute approximate surface area is 119 Å². The predicted molar refractivity (Wildman–Crippen MR) is 83.5 cm³/mol. The molecule has 0 aliphatic heterocycles. The zero-order valence-corrected chi connectivity index (χ0v) is 11.7. The van der Waals surface area contributed by atoms with Gasteiger partial charge in [0, 0.05) is 43.2 Å². The van der Waals surface area contributed by atoms with Crippen LogP contribution in [-0.2, 0) is 6.42 Å². The molecule has 0 aliphatic carbocycles. The standard InChI is InChI=1S/C15H17N3S/c1-18(11-9-12-6-4-5-10-17-12)14-8-3-2-7-13(14)15(16)19/h2-8,10H,9,11H2,1H3,(H2,16,19). The second-order valence-electron chi connectivity index (χ2n) is 4.37. The van der Waals surface area contributed by atoms with Gasteiger partial charge >= 0.3 is 0 Å². The number of likely N-dealkylation sites (N-methyl/N-ethyl adjacent to an activating group) is 1. The Hall–Kier alpha value is -1.94. The van der Waals surface area contributed by atoms with E-state index in [-0.39, 0.29) is 0 Å². The summed E-state index contributed by atoms with van der Waals surface area (Å²) in [6.45, 7) is 0.872. The third-order valence-electron chi connectivity index (χ3n) is 3.01. The van der Waals surface area contributed by atoms with Crippen molar-refractivity contribution in [3.63, 3.8) is 0 Å². The minimum absolute atomic E-state index is 0.431. The first kappa shape index (κ1) is 13.5. The lowest BCUT2D eigenvalue weighted by atomic mass is 10.1. The molecular weight excluding hydrogens is 254 g/mol. The Morgan fingerprint density at radius 1 is 1.21 bits per heavy atom. The van der Waals surface area contributed by atoms with Crippen molar-refractivity contribution in [3.05, 3.63) is 59.9 Å². The van der Waals surface area contributed by atoms with Crippen LogP contribution in [-0.4, -0.2) is 23.6 Å². The van der Waals surface area contributed by atoms with E-state index in [1.165, 1.54) is 0 Å². The Morgan fingerprint density at radius 3 is 2.63 bits per heavy atom. The molecule has 4 heteroatoms. The van der Waals surface area contributed by atoms with Crippen molar-refractivity contribution in [2.24, 2.45) is 5.73 Å². The van der Waals surface area contributed by atoms with Crippen molar-refractivity contribution in [3.8, 4) is 0 Å². The molecule has 19 heavy (non-hydrogen) atoms. The van der Waals surface area contributed by atoms with Gasteiger partial charge in [0.15, 0.2) is 0 Å². The summed E-state index contributed by atoms with van der Waals surface area (Å²) in [7, 11) is 2.04. The van der Waals surface area contributed by atoms with Gasteiger partial charge in [0.05, 0.1) is 0 Å². The van der Waals surface area contributed by atoms with Crippen LogP contribution in [0.25, 0.3) is 0 Å². The zero-order valence-electron chi connectivity index (χ0n) is 10.9. The Kier molecular flexibility index (Phi) is 4.47. The number of anilines is 1. The first-order valence-corrected chi connectivity index (χ1v) is 6.59. The maximum Gasteiger partial charge on any atom is 0.106 e. The van der Waals surface area contributed by atoms with Crippen LogP contribution >= 0.6 is 12.2 Å². The van der Waals surface area contributed by atoms with Gasteiger partial charge in [-0.15, -0.1) is 0 Å². The van der Waals surface area contributed by atoms with Crippen LogP contribution in [0.15, 0.2) is 48.7 Å². The molecule has 2 aromatic rings. The number of nitrogens with zero attached hydrogens (tertiary/aromatic N) is 2. The molecule has 98 valence electrons. The number of benzene rings is 1. The lowest BCUT2D eigenvalue weighted by Gasteiger charge is -2.21. The van der Waals surface area contributed by atoms with E-state index in [1.807, 2.05) is 55.7 Å². The maximum absolute atomic E-state index is 5.75. The second kappa shape index (κ2) is 6.29. The summed E-state index contributed by atoms with van der Waals surface area (Å²) in [5, 5.41) is 0. The van der Waals surface area contributed by atoms with Crippen molar-refractivity contribution in [1.82, 2.24) is 4.98 Å².